The molecule has 2 aromatic carbocycles. The van der Waals surface area contributed by atoms with Crippen LogP contribution in [0.1, 0.15) is 15.9 Å². The summed E-state index contributed by atoms with van der Waals surface area (Å²) in [7, 11) is -2.78. The number of hydrogen-bond donors (Lipinski definition) is 1. The number of anilines is 1. The van der Waals surface area contributed by atoms with Gasteiger partial charge in [-0.05, 0) is 42.5 Å². The normalized spacial score (nSPS) is 10.9. The van der Waals surface area contributed by atoms with Crippen molar-refractivity contribution in [3.8, 4) is 5.75 Å². The maximum absolute atomic E-state index is 12.8. The molecule has 148 valence electrons. The van der Waals surface area contributed by atoms with Crippen molar-refractivity contribution in [1.29, 1.82) is 0 Å². The number of ether oxygens (including phenoxy) is 1. The molecule has 1 N–H and O–H groups in total. The van der Waals surface area contributed by atoms with Crippen molar-refractivity contribution >= 4 is 27.3 Å². The lowest BCUT2D eigenvalue weighted by Gasteiger charge is -2.12. The highest BCUT2D eigenvalue weighted by Gasteiger charge is 2.23. The maximum Gasteiger partial charge on any atom is 0.269 e. The van der Waals surface area contributed by atoms with Crippen molar-refractivity contribution in [2.24, 2.45) is 0 Å². The molecule has 0 fully saturated rings. The van der Waals surface area contributed by atoms with Gasteiger partial charge in [0.1, 0.15) is 16.5 Å². The Kier molecular flexibility index (Phi) is 5.55. The standard InChI is InChI=1S/C19H15N3O6S/c1-28-16-10-7-14(19(23)13-5-8-15(9-6-13)22(24)25)12-17(16)29(26,27)21-18-4-2-3-11-20-18/h2-12H,1H3,(H,20,21). The lowest BCUT2D eigenvalue weighted by Crippen LogP contribution is -2.16. The van der Waals surface area contributed by atoms with Gasteiger partial charge in [0.05, 0.1) is 12.0 Å². The van der Waals surface area contributed by atoms with Crippen LogP contribution in [0, 0.1) is 10.1 Å². The number of rotatable bonds is 7. The summed E-state index contributed by atoms with van der Waals surface area (Å²) in [5.41, 5.74) is 0.113. The molecular formula is C19H15N3O6S. The van der Waals surface area contributed by atoms with E-state index in [0.29, 0.717) is 0 Å². The smallest absolute Gasteiger partial charge is 0.269 e. The van der Waals surface area contributed by atoms with Gasteiger partial charge in [0.25, 0.3) is 15.7 Å². The van der Waals surface area contributed by atoms with Gasteiger partial charge >= 0.3 is 0 Å². The number of nitrogens with one attached hydrogen (secondary N) is 1. The largest absolute Gasteiger partial charge is 0.495 e. The molecule has 0 saturated heterocycles. The third-order valence-electron chi connectivity index (χ3n) is 3.96. The minimum Gasteiger partial charge on any atom is -0.495 e. The fraction of sp³-hybridized carbons (Fsp3) is 0.0526. The van der Waals surface area contributed by atoms with E-state index < -0.39 is 20.7 Å². The predicted octanol–water partition coefficient (Wildman–Crippen LogP) is 3.03. The van der Waals surface area contributed by atoms with Gasteiger partial charge in [-0.1, -0.05) is 6.07 Å². The van der Waals surface area contributed by atoms with Crippen LogP contribution in [0.2, 0.25) is 0 Å². The summed E-state index contributed by atoms with van der Waals surface area (Å²) in [6.45, 7) is 0. The van der Waals surface area contributed by atoms with Gasteiger partial charge in [-0.25, -0.2) is 13.4 Å². The van der Waals surface area contributed by atoms with E-state index in [-0.39, 0.29) is 33.3 Å². The highest BCUT2D eigenvalue weighted by molar-refractivity contribution is 7.92. The zero-order chi connectivity index (χ0) is 21.0. The fourth-order valence-electron chi connectivity index (χ4n) is 2.54. The number of hydrogen-bond acceptors (Lipinski definition) is 7. The summed E-state index contributed by atoms with van der Waals surface area (Å²) < 4.78 is 33.0. The van der Waals surface area contributed by atoms with E-state index in [9.17, 15) is 23.3 Å². The molecule has 0 atom stereocenters. The van der Waals surface area contributed by atoms with Crippen molar-refractivity contribution in [1.82, 2.24) is 4.98 Å². The first-order valence-electron chi connectivity index (χ1n) is 8.23. The van der Waals surface area contributed by atoms with Crippen molar-refractivity contribution < 1.29 is 22.9 Å². The molecule has 0 aliphatic rings. The second-order valence-electron chi connectivity index (χ2n) is 5.82. The Bertz CT molecular complexity index is 1160. The first-order valence-corrected chi connectivity index (χ1v) is 9.71. The number of non-ortho nitro benzene ring substituents is 1. The molecular weight excluding hydrogens is 398 g/mol. The van der Waals surface area contributed by atoms with Crippen LogP contribution in [0.5, 0.6) is 5.75 Å². The average molecular weight is 413 g/mol. The Morgan fingerprint density at radius 2 is 1.76 bits per heavy atom. The summed E-state index contributed by atoms with van der Waals surface area (Å²) in [5, 5.41) is 10.8. The summed E-state index contributed by atoms with van der Waals surface area (Å²) >= 11 is 0. The molecule has 1 heterocycles. The van der Waals surface area contributed by atoms with E-state index in [2.05, 4.69) is 9.71 Å². The van der Waals surface area contributed by atoms with E-state index in [1.807, 2.05) is 0 Å². The van der Waals surface area contributed by atoms with Crippen LogP contribution in [0.3, 0.4) is 0 Å². The SMILES string of the molecule is COc1ccc(C(=O)c2ccc([N+](=O)[O-])cc2)cc1S(=O)(=O)Nc1ccccn1. The number of nitro benzene ring substituents is 1. The number of aromatic nitrogens is 1. The number of nitro groups is 1. The van der Waals surface area contributed by atoms with Crippen LogP contribution >= 0.6 is 0 Å². The lowest BCUT2D eigenvalue weighted by molar-refractivity contribution is -0.384. The second-order valence-corrected chi connectivity index (χ2v) is 7.47. The van der Waals surface area contributed by atoms with Crippen LogP contribution in [-0.4, -0.2) is 31.2 Å². The van der Waals surface area contributed by atoms with Gasteiger partial charge in [-0.3, -0.25) is 19.6 Å². The van der Waals surface area contributed by atoms with Crippen LogP contribution in [0.15, 0.2) is 71.8 Å². The molecule has 0 saturated carbocycles. The predicted molar refractivity (Wildman–Crippen MR) is 105 cm³/mol. The van der Waals surface area contributed by atoms with Crippen LogP contribution in [0.25, 0.3) is 0 Å². The molecule has 3 rings (SSSR count). The monoisotopic (exact) mass is 413 g/mol. The van der Waals surface area contributed by atoms with Crippen molar-refractivity contribution in [2.45, 2.75) is 4.90 Å². The van der Waals surface area contributed by atoms with E-state index in [0.717, 1.165) is 0 Å². The highest BCUT2D eigenvalue weighted by Crippen LogP contribution is 2.28. The van der Waals surface area contributed by atoms with E-state index in [1.165, 1.54) is 61.8 Å². The highest BCUT2D eigenvalue weighted by atomic mass is 32.2. The Labute approximate surface area is 166 Å². The van der Waals surface area contributed by atoms with E-state index in [1.54, 1.807) is 12.1 Å². The topological polar surface area (TPSA) is 128 Å². The minimum absolute atomic E-state index is 0.0497. The van der Waals surface area contributed by atoms with Crippen molar-refractivity contribution in [2.75, 3.05) is 11.8 Å². The van der Waals surface area contributed by atoms with Crippen LogP contribution in [-0.2, 0) is 10.0 Å². The lowest BCUT2D eigenvalue weighted by atomic mass is 10.0. The molecule has 10 heteroatoms. The maximum atomic E-state index is 12.8. The number of carbonyl (C=O) groups excluding carboxylic acids is 1. The number of methoxy groups -OCH3 is 1. The number of carbonyl (C=O) groups is 1. The fourth-order valence-corrected chi connectivity index (χ4v) is 3.75. The number of nitrogens with zero attached hydrogens (tertiary/aromatic N) is 2. The van der Waals surface area contributed by atoms with Crippen molar-refractivity contribution in [3.63, 3.8) is 0 Å². The third-order valence-corrected chi connectivity index (χ3v) is 5.34. The number of pyridine rings is 1. The quantitative estimate of drug-likeness (QED) is 0.358. The van der Waals surface area contributed by atoms with Crippen LogP contribution in [0.4, 0.5) is 11.5 Å². The first-order chi connectivity index (χ1) is 13.8. The van der Waals surface area contributed by atoms with Crippen LogP contribution < -0.4 is 9.46 Å². The third kappa shape index (κ3) is 4.38. The molecule has 9 nitrogen and oxygen atoms in total. The van der Waals surface area contributed by atoms with E-state index >= 15 is 0 Å². The summed E-state index contributed by atoms with van der Waals surface area (Å²) in [4.78, 5) is 26.6. The number of benzene rings is 2. The van der Waals surface area contributed by atoms with Gasteiger partial charge in [0, 0.05) is 29.5 Å². The first kappa shape index (κ1) is 20.0. The molecule has 0 amide bonds. The molecule has 3 aromatic rings. The Balaban J connectivity index is 1.98. The van der Waals surface area contributed by atoms with Crippen molar-refractivity contribution in [3.05, 3.63) is 88.1 Å². The van der Waals surface area contributed by atoms with Gasteiger partial charge in [0.2, 0.25) is 0 Å². The molecule has 0 unspecified atom stereocenters. The van der Waals surface area contributed by atoms with Gasteiger partial charge in [-0.2, -0.15) is 0 Å². The summed E-state index contributed by atoms with van der Waals surface area (Å²) in [6, 6.07) is 13.8. The molecule has 0 aliphatic heterocycles. The zero-order valence-corrected chi connectivity index (χ0v) is 15.9. The molecule has 0 radical (unpaired) electrons. The average Bonchev–Trinajstić information content (AvgIpc) is 2.73. The van der Waals surface area contributed by atoms with Gasteiger partial charge in [-0.15, -0.1) is 0 Å². The molecule has 29 heavy (non-hydrogen) atoms. The number of ketones is 1. The minimum atomic E-state index is -4.09. The Morgan fingerprint density at radius 1 is 1.07 bits per heavy atom. The molecule has 0 bridgehead atoms. The Morgan fingerprint density at radius 3 is 2.34 bits per heavy atom. The van der Waals surface area contributed by atoms with E-state index in [4.69, 9.17) is 4.74 Å². The Hall–Kier alpha value is -3.79. The molecule has 0 aliphatic carbocycles. The van der Waals surface area contributed by atoms with Gasteiger partial charge < -0.3 is 4.74 Å². The molecule has 1 aromatic heterocycles. The summed E-state index contributed by atoms with van der Waals surface area (Å²) in [6.07, 6.45) is 1.43. The zero-order valence-electron chi connectivity index (χ0n) is 15.1. The molecule has 0 spiro atoms. The number of sulfonamides is 1. The summed E-state index contributed by atoms with van der Waals surface area (Å²) in [5.74, 6) is -0.327. The van der Waals surface area contributed by atoms with Gasteiger partial charge in [0.15, 0.2) is 5.78 Å². The second kappa shape index (κ2) is 8.07.